The molecule has 144 valence electrons. The molecule has 1 aromatic heterocycles. The number of nitrogens with zero attached hydrogens (tertiary/aromatic N) is 1. The number of aromatic nitrogens is 1. The fraction of sp³-hybridized carbons (Fsp3) is 0.182. The number of carbonyl (C=O) groups is 2. The topological polar surface area (TPSA) is 88.8 Å². The molecule has 0 aliphatic heterocycles. The van der Waals surface area contributed by atoms with Crippen LogP contribution in [0, 0.1) is 0 Å². The molecule has 0 unspecified atom stereocenters. The van der Waals surface area contributed by atoms with Crippen LogP contribution in [0.5, 0.6) is 5.75 Å². The van der Waals surface area contributed by atoms with Gasteiger partial charge in [-0.1, -0.05) is 43.3 Å². The average molecular weight is 379 g/mol. The maximum absolute atomic E-state index is 11.5. The highest BCUT2D eigenvalue weighted by Crippen LogP contribution is 2.33. The largest absolute Gasteiger partial charge is 0.488 e. The van der Waals surface area contributed by atoms with Crippen molar-refractivity contribution in [1.29, 1.82) is 0 Å². The van der Waals surface area contributed by atoms with Crippen molar-refractivity contribution in [3.63, 3.8) is 0 Å². The first-order valence-corrected chi connectivity index (χ1v) is 8.93. The molecule has 3 rings (SSSR count). The summed E-state index contributed by atoms with van der Waals surface area (Å²) >= 11 is 0. The molecular formula is C22H21NO5. The second-order valence-electron chi connectivity index (χ2n) is 6.36. The fourth-order valence-electron chi connectivity index (χ4n) is 3.10. The van der Waals surface area contributed by atoms with Gasteiger partial charge in [-0.05, 0) is 30.2 Å². The Labute approximate surface area is 162 Å². The molecule has 0 aliphatic carbocycles. The van der Waals surface area contributed by atoms with Gasteiger partial charge in [0.1, 0.15) is 18.9 Å². The molecule has 1 heterocycles. The van der Waals surface area contributed by atoms with E-state index >= 15 is 0 Å². The molecule has 0 atom stereocenters. The van der Waals surface area contributed by atoms with Gasteiger partial charge in [-0.15, -0.1) is 0 Å². The summed E-state index contributed by atoms with van der Waals surface area (Å²) in [6.07, 6.45) is 3.60. The molecule has 0 saturated carbocycles. The van der Waals surface area contributed by atoms with Crippen molar-refractivity contribution in [3.05, 3.63) is 71.4 Å². The number of rotatable bonds is 8. The molecule has 28 heavy (non-hydrogen) atoms. The van der Waals surface area contributed by atoms with Crippen LogP contribution in [-0.2, 0) is 22.7 Å². The van der Waals surface area contributed by atoms with E-state index in [0.717, 1.165) is 5.56 Å². The van der Waals surface area contributed by atoms with Gasteiger partial charge in [0.2, 0.25) is 0 Å². The van der Waals surface area contributed by atoms with Crippen molar-refractivity contribution >= 4 is 28.9 Å². The van der Waals surface area contributed by atoms with Crippen LogP contribution < -0.4 is 4.74 Å². The second-order valence-corrected chi connectivity index (χ2v) is 6.36. The van der Waals surface area contributed by atoms with Crippen LogP contribution in [0.25, 0.3) is 17.0 Å². The van der Waals surface area contributed by atoms with Crippen molar-refractivity contribution in [3.8, 4) is 5.75 Å². The summed E-state index contributed by atoms with van der Waals surface area (Å²) in [5.74, 6) is -1.39. The van der Waals surface area contributed by atoms with Gasteiger partial charge in [-0.25, -0.2) is 4.79 Å². The van der Waals surface area contributed by atoms with E-state index in [9.17, 15) is 19.8 Å². The molecule has 0 aliphatic rings. The van der Waals surface area contributed by atoms with Gasteiger partial charge in [-0.3, -0.25) is 4.79 Å². The van der Waals surface area contributed by atoms with E-state index in [1.54, 1.807) is 42.0 Å². The molecule has 2 N–H and O–H groups in total. The van der Waals surface area contributed by atoms with E-state index in [0.29, 0.717) is 35.2 Å². The van der Waals surface area contributed by atoms with Crippen LogP contribution in [0.1, 0.15) is 24.5 Å². The molecule has 6 heteroatoms. The van der Waals surface area contributed by atoms with Crippen LogP contribution in [0.3, 0.4) is 0 Å². The summed E-state index contributed by atoms with van der Waals surface area (Å²) in [7, 11) is 0. The maximum atomic E-state index is 11.5. The first-order chi connectivity index (χ1) is 13.5. The molecule has 0 bridgehead atoms. The van der Waals surface area contributed by atoms with E-state index in [2.05, 4.69) is 0 Å². The van der Waals surface area contributed by atoms with E-state index in [-0.39, 0.29) is 12.1 Å². The van der Waals surface area contributed by atoms with Gasteiger partial charge < -0.3 is 19.5 Å². The molecule has 0 saturated heterocycles. The Morgan fingerprint density at radius 2 is 1.82 bits per heavy atom. The predicted molar refractivity (Wildman–Crippen MR) is 106 cm³/mol. The van der Waals surface area contributed by atoms with Gasteiger partial charge in [0.05, 0.1) is 5.52 Å². The Morgan fingerprint density at radius 3 is 2.46 bits per heavy atom. The Hall–Kier alpha value is -3.54. The highest BCUT2D eigenvalue weighted by atomic mass is 16.5. The van der Waals surface area contributed by atoms with E-state index in [1.807, 2.05) is 30.3 Å². The third-order valence-electron chi connectivity index (χ3n) is 4.43. The number of carboxylic acids is 2. The van der Waals surface area contributed by atoms with Gasteiger partial charge >= 0.3 is 11.9 Å². The molecule has 2 aromatic carbocycles. The minimum atomic E-state index is -0.996. The van der Waals surface area contributed by atoms with Gasteiger partial charge in [0, 0.05) is 22.7 Å². The van der Waals surface area contributed by atoms with Crippen molar-refractivity contribution in [2.75, 3.05) is 0 Å². The zero-order valence-electron chi connectivity index (χ0n) is 15.5. The lowest BCUT2D eigenvalue weighted by molar-refractivity contribution is -0.137. The van der Waals surface area contributed by atoms with Crippen LogP contribution in [0.2, 0.25) is 0 Å². The Morgan fingerprint density at radius 1 is 1.07 bits per heavy atom. The zero-order chi connectivity index (χ0) is 20.1. The smallest absolute Gasteiger partial charge is 0.331 e. The summed E-state index contributed by atoms with van der Waals surface area (Å²) in [5, 5.41) is 19.3. The fourth-order valence-corrected chi connectivity index (χ4v) is 3.10. The lowest BCUT2D eigenvalue weighted by Gasteiger charge is -2.09. The van der Waals surface area contributed by atoms with Gasteiger partial charge in [0.15, 0.2) is 0 Å². The standard InChI is InChI=1S/C22H21NO5/c1-2-16(22(26)27)11-17-12-23(13-20(24)25)18-9-6-10-19(21(17)18)28-14-15-7-4-3-5-8-15/h3-12H,2,13-14H2,1H3,(H,24,25)(H,26,27)/b16-11+. The molecule has 0 fully saturated rings. The molecule has 3 aromatic rings. The number of ether oxygens (including phenoxy) is 1. The molecular weight excluding hydrogens is 358 g/mol. The van der Waals surface area contributed by atoms with Gasteiger partial charge in [-0.2, -0.15) is 0 Å². The van der Waals surface area contributed by atoms with Crippen LogP contribution in [-0.4, -0.2) is 26.7 Å². The maximum Gasteiger partial charge on any atom is 0.331 e. The highest BCUT2D eigenvalue weighted by molar-refractivity contribution is 6.00. The third kappa shape index (κ3) is 4.23. The van der Waals surface area contributed by atoms with Crippen molar-refractivity contribution in [2.45, 2.75) is 26.5 Å². The quantitative estimate of drug-likeness (QED) is 0.573. The number of hydrogen-bond acceptors (Lipinski definition) is 3. The van der Waals surface area contributed by atoms with E-state index in [1.165, 1.54) is 0 Å². The number of aliphatic carboxylic acids is 2. The lowest BCUT2D eigenvalue weighted by atomic mass is 10.1. The first-order valence-electron chi connectivity index (χ1n) is 8.93. The SMILES string of the molecule is CC/C(=C\c1cn(CC(=O)O)c2cccc(OCc3ccccc3)c12)C(=O)O. The summed E-state index contributed by atoms with van der Waals surface area (Å²) in [5.41, 5.74) is 2.55. The zero-order valence-corrected chi connectivity index (χ0v) is 15.5. The van der Waals surface area contributed by atoms with Crippen LogP contribution >= 0.6 is 0 Å². The van der Waals surface area contributed by atoms with E-state index in [4.69, 9.17) is 4.74 Å². The minimum absolute atomic E-state index is 0.221. The first kappa shape index (κ1) is 19.2. The minimum Gasteiger partial charge on any atom is -0.488 e. The summed E-state index contributed by atoms with van der Waals surface area (Å²) in [6.45, 7) is 1.90. The highest BCUT2D eigenvalue weighted by Gasteiger charge is 2.16. The predicted octanol–water partition coefficient (Wildman–Crippen LogP) is 4.18. The van der Waals surface area contributed by atoms with Crippen LogP contribution in [0.4, 0.5) is 0 Å². The number of carboxylic acid groups (broad SMARTS) is 2. The van der Waals surface area contributed by atoms with E-state index < -0.39 is 11.9 Å². The normalized spacial score (nSPS) is 11.5. The van der Waals surface area contributed by atoms with Crippen molar-refractivity contribution < 1.29 is 24.5 Å². The molecule has 0 amide bonds. The number of benzene rings is 2. The second kappa shape index (κ2) is 8.43. The van der Waals surface area contributed by atoms with Crippen molar-refractivity contribution in [2.24, 2.45) is 0 Å². The Balaban J connectivity index is 2.09. The summed E-state index contributed by atoms with van der Waals surface area (Å²) < 4.78 is 7.59. The van der Waals surface area contributed by atoms with Crippen molar-refractivity contribution in [1.82, 2.24) is 4.57 Å². The molecule has 0 radical (unpaired) electrons. The average Bonchev–Trinajstić information content (AvgIpc) is 3.02. The summed E-state index contributed by atoms with van der Waals surface area (Å²) in [4.78, 5) is 22.7. The lowest BCUT2D eigenvalue weighted by Crippen LogP contribution is -2.07. The third-order valence-corrected chi connectivity index (χ3v) is 4.43. The van der Waals surface area contributed by atoms with Crippen LogP contribution in [0.15, 0.2) is 60.3 Å². The monoisotopic (exact) mass is 379 g/mol. The van der Waals surface area contributed by atoms with Gasteiger partial charge in [0.25, 0.3) is 0 Å². The molecule has 0 spiro atoms. The number of hydrogen-bond donors (Lipinski definition) is 2. The summed E-state index contributed by atoms with van der Waals surface area (Å²) in [6, 6.07) is 15.1. The molecule has 6 nitrogen and oxygen atoms in total. The Bertz CT molecular complexity index is 1030. The number of fused-ring (bicyclic) bond motifs is 1. The Kier molecular flexibility index (Phi) is 5.79.